The number of aromatic nitrogens is 1. The number of benzene rings is 1. The monoisotopic (exact) mass is 421 g/mol. The number of imide groups is 1. The number of pyridine rings is 1. The van der Waals surface area contributed by atoms with Crippen LogP contribution in [0.25, 0.3) is 0 Å². The first kappa shape index (κ1) is 19.5. The zero-order valence-corrected chi connectivity index (χ0v) is 16.9. The van der Waals surface area contributed by atoms with Crippen molar-refractivity contribution in [3.8, 4) is 5.88 Å². The van der Waals surface area contributed by atoms with E-state index in [4.69, 9.17) is 4.74 Å². The summed E-state index contributed by atoms with van der Waals surface area (Å²) in [7, 11) is 0. The van der Waals surface area contributed by atoms with Crippen LogP contribution in [0.15, 0.2) is 36.5 Å². The second-order valence-corrected chi connectivity index (χ2v) is 8.03. The number of piperidine rings is 1. The van der Waals surface area contributed by atoms with Crippen molar-refractivity contribution in [2.24, 2.45) is 0 Å². The van der Waals surface area contributed by atoms with Crippen molar-refractivity contribution < 1.29 is 19.1 Å². The quantitative estimate of drug-likeness (QED) is 0.592. The highest BCUT2D eigenvalue weighted by molar-refractivity contribution is 6.05. The van der Waals surface area contributed by atoms with Gasteiger partial charge in [-0.15, -0.1) is 0 Å². The minimum Gasteiger partial charge on any atom is -0.472 e. The molecule has 0 saturated carbocycles. The van der Waals surface area contributed by atoms with Crippen LogP contribution in [0, 0.1) is 0 Å². The molecule has 160 valence electrons. The largest absolute Gasteiger partial charge is 0.472 e. The van der Waals surface area contributed by atoms with Crippen LogP contribution in [-0.2, 0) is 22.7 Å². The fourth-order valence-corrected chi connectivity index (χ4v) is 4.02. The average Bonchev–Trinajstić information content (AvgIpc) is 3.05. The number of hydrogen-bond donors (Lipinski definition) is 3. The van der Waals surface area contributed by atoms with E-state index in [0.29, 0.717) is 31.0 Å². The maximum absolute atomic E-state index is 12.9. The van der Waals surface area contributed by atoms with E-state index in [1.165, 1.54) is 0 Å². The Hall–Kier alpha value is -3.46. The van der Waals surface area contributed by atoms with Gasteiger partial charge in [0.25, 0.3) is 5.91 Å². The molecule has 3 aliphatic heterocycles. The first-order valence-electron chi connectivity index (χ1n) is 10.4. The molecule has 0 aliphatic carbocycles. The number of nitrogens with one attached hydrogen (secondary N) is 3. The molecule has 1 unspecified atom stereocenters. The number of rotatable bonds is 6. The van der Waals surface area contributed by atoms with Crippen molar-refractivity contribution >= 4 is 23.4 Å². The van der Waals surface area contributed by atoms with E-state index in [0.717, 1.165) is 29.9 Å². The molecule has 0 bridgehead atoms. The van der Waals surface area contributed by atoms with Crippen LogP contribution < -0.4 is 20.7 Å². The van der Waals surface area contributed by atoms with E-state index in [1.807, 2.05) is 30.3 Å². The summed E-state index contributed by atoms with van der Waals surface area (Å²) in [4.78, 5) is 42.3. The molecular weight excluding hydrogens is 398 g/mol. The molecule has 0 radical (unpaired) electrons. The third-order valence-electron chi connectivity index (χ3n) is 5.86. The Bertz CT molecular complexity index is 1050. The number of carbonyl (C=O) groups excluding carboxylic acids is 3. The molecule has 1 aromatic carbocycles. The van der Waals surface area contributed by atoms with Crippen molar-refractivity contribution in [1.29, 1.82) is 0 Å². The summed E-state index contributed by atoms with van der Waals surface area (Å²) in [5.41, 5.74) is 3.35. The molecule has 2 fully saturated rings. The molecule has 3 aliphatic rings. The van der Waals surface area contributed by atoms with Crippen LogP contribution in [-0.4, -0.2) is 52.8 Å². The van der Waals surface area contributed by atoms with E-state index in [-0.39, 0.29) is 24.3 Å². The Morgan fingerprint density at radius 3 is 2.81 bits per heavy atom. The van der Waals surface area contributed by atoms with Gasteiger partial charge in [-0.05, 0) is 29.7 Å². The Labute approximate surface area is 179 Å². The van der Waals surface area contributed by atoms with Crippen LogP contribution >= 0.6 is 0 Å². The van der Waals surface area contributed by atoms with Gasteiger partial charge in [0, 0.05) is 56.1 Å². The molecular formula is C22H23N5O4. The van der Waals surface area contributed by atoms with Crippen LogP contribution in [0.1, 0.15) is 34.3 Å². The third kappa shape index (κ3) is 3.96. The van der Waals surface area contributed by atoms with Gasteiger partial charge in [-0.3, -0.25) is 19.7 Å². The molecule has 5 rings (SSSR count). The predicted molar refractivity (Wildman–Crippen MR) is 111 cm³/mol. The SMILES string of the molecule is O=C1CCC(N2Cc3ccc(CNc4ccnc(OC5CNC5)c4)cc3C2=O)C(=O)N1. The van der Waals surface area contributed by atoms with Crippen LogP contribution in [0.2, 0.25) is 0 Å². The highest BCUT2D eigenvalue weighted by atomic mass is 16.5. The lowest BCUT2D eigenvalue weighted by atomic mass is 10.0. The number of anilines is 1. The number of ether oxygens (including phenoxy) is 1. The fraction of sp³-hybridized carbons (Fsp3) is 0.364. The van der Waals surface area contributed by atoms with Gasteiger partial charge in [0.2, 0.25) is 17.7 Å². The molecule has 4 heterocycles. The smallest absolute Gasteiger partial charge is 0.255 e. The van der Waals surface area contributed by atoms with Crippen molar-refractivity contribution in [1.82, 2.24) is 20.5 Å². The van der Waals surface area contributed by atoms with E-state index in [2.05, 4.69) is 20.9 Å². The maximum atomic E-state index is 12.9. The molecule has 31 heavy (non-hydrogen) atoms. The van der Waals surface area contributed by atoms with Gasteiger partial charge in [-0.1, -0.05) is 12.1 Å². The zero-order chi connectivity index (χ0) is 21.4. The minimum atomic E-state index is -0.597. The third-order valence-corrected chi connectivity index (χ3v) is 5.86. The molecule has 2 aromatic rings. The highest BCUT2D eigenvalue weighted by Gasteiger charge is 2.39. The standard InChI is InChI=1S/C22H23N5O4/c28-19-4-3-18(21(29)26-19)27-12-14-2-1-13(7-17(14)22(27)30)9-25-15-5-6-24-20(8-15)31-16-10-23-11-16/h1-2,5-8,16,18,23H,3-4,9-12H2,(H,24,25)(H,26,28,29). The Morgan fingerprint density at radius 2 is 2.03 bits per heavy atom. The van der Waals surface area contributed by atoms with Gasteiger partial charge in [0.1, 0.15) is 12.1 Å². The van der Waals surface area contributed by atoms with Crippen molar-refractivity contribution in [3.05, 3.63) is 53.2 Å². The van der Waals surface area contributed by atoms with Crippen molar-refractivity contribution in [2.75, 3.05) is 18.4 Å². The topological polar surface area (TPSA) is 113 Å². The summed E-state index contributed by atoms with van der Waals surface area (Å²) in [6, 6.07) is 8.92. The highest BCUT2D eigenvalue weighted by Crippen LogP contribution is 2.28. The second kappa shape index (κ2) is 7.99. The molecule has 0 spiro atoms. The van der Waals surface area contributed by atoms with Gasteiger partial charge in [0.05, 0.1) is 0 Å². The number of hydrogen-bond acceptors (Lipinski definition) is 7. The fourth-order valence-electron chi connectivity index (χ4n) is 4.02. The lowest BCUT2D eigenvalue weighted by Crippen LogP contribution is -2.52. The summed E-state index contributed by atoms with van der Waals surface area (Å²) in [6.45, 7) is 2.58. The average molecular weight is 421 g/mol. The van der Waals surface area contributed by atoms with E-state index < -0.39 is 11.9 Å². The molecule has 2 saturated heterocycles. The van der Waals surface area contributed by atoms with Gasteiger partial charge in [-0.25, -0.2) is 4.98 Å². The van der Waals surface area contributed by atoms with Crippen LogP contribution in [0.5, 0.6) is 5.88 Å². The minimum absolute atomic E-state index is 0.165. The summed E-state index contributed by atoms with van der Waals surface area (Å²) in [6.07, 6.45) is 2.48. The first-order chi connectivity index (χ1) is 15.1. The van der Waals surface area contributed by atoms with Crippen LogP contribution in [0.3, 0.4) is 0 Å². The lowest BCUT2D eigenvalue weighted by molar-refractivity contribution is -0.136. The maximum Gasteiger partial charge on any atom is 0.255 e. The number of amides is 3. The van der Waals surface area contributed by atoms with Gasteiger partial charge >= 0.3 is 0 Å². The zero-order valence-electron chi connectivity index (χ0n) is 16.9. The number of fused-ring (bicyclic) bond motifs is 1. The van der Waals surface area contributed by atoms with Crippen molar-refractivity contribution in [2.45, 2.75) is 38.1 Å². The summed E-state index contributed by atoms with van der Waals surface area (Å²) in [5, 5.41) is 8.83. The van der Waals surface area contributed by atoms with Gasteiger partial charge in [-0.2, -0.15) is 0 Å². The molecule has 3 N–H and O–H groups in total. The van der Waals surface area contributed by atoms with E-state index in [1.54, 1.807) is 11.1 Å². The van der Waals surface area contributed by atoms with Gasteiger partial charge < -0.3 is 20.3 Å². The Kier molecular flexibility index (Phi) is 5.03. The van der Waals surface area contributed by atoms with E-state index in [9.17, 15) is 14.4 Å². The first-order valence-corrected chi connectivity index (χ1v) is 10.4. The van der Waals surface area contributed by atoms with Crippen molar-refractivity contribution in [3.63, 3.8) is 0 Å². The molecule has 1 aromatic heterocycles. The van der Waals surface area contributed by atoms with Gasteiger partial charge in [0.15, 0.2) is 0 Å². The summed E-state index contributed by atoms with van der Waals surface area (Å²) >= 11 is 0. The van der Waals surface area contributed by atoms with Crippen LogP contribution in [0.4, 0.5) is 5.69 Å². The predicted octanol–water partition coefficient (Wildman–Crippen LogP) is 0.805. The number of nitrogens with zero attached hydrogens (tertiary/aromatic N) is 2. The van der Waals surface area contributed by atoms with E-state index >= 15 is 0 Å². The number of carbonyl (C=O) groups is 3. The summed E-state index contributed by atoms with van der Waals surface area (Å²) in [5.74, 6) is -0.263. The molecule has 9 heteroatoms. The molecule has 3 amide bonds. The Morgan fingerprint density at radius 1 is 1.16 bits per heavy atom. The molecule has 9 nitrogen and oxygen atoms in total. The summed E-state index contributed by atoms with van der Waals surface area (Å²) < 4.78 is 5.78. The second-order valence-electron chi connectivity index (χ2n) is 8.03. The lowest BCUT2D eigenvalue weighted by Gasteiger charge is -2.29. The normalized spacial score (nSPS) is 20.8. The Balaban J connectivity index is 1.24. The molecule has 1 atom stereocenters.